The molecular weight excluding hydrogens is 472 g/mol. The van der Waals surface area contributed by atoms with Crippen molar-refractivity contribution in [2.24, 2.45) is 5.73 Å². The second kappa shape index (κ2) is 12.3. The third-order valence-electron chi connectivity index (χ3n) is 7.03. The lowest BCUT2D eigenvalue weighted by Crippen LogP contribution is -2.49. The molecule has 7 heteroatoms. The Balaban J connectivity index is 1.41. The van der Waals surface area contributed by atoms with Crippen LogP contribution >= 0.6 is 11.6 Å². The van der Waals surface area contributed by atoms with Crippen molar-refractivity contribution < 1.29 is 9.59 Å². The van der Waals surface area contributed by atoms with E-state index in [2.05, 4.69) is 29.7 Å². The molecule has 1 saturated heterocycles. The van der Waals surface area contributed by atoms with E-state index in [-0.39, 0.29) is 29.8 Å². The molecule has 1 aliphatic heterocycles. The topological polar surface area (TPSA) is 87.5 Å². The fourth-order valence-electron chi connectivity index (χ4n) is 4.93. The van der Waals surface area contributed by atoms with E-state index in [9.17, 15) is 9.59 Å². The number of hydrogen-bond donors (Lipinski definition) is 3. The minimum Gasteiger partial charge on any atom is -0.350 e. The number of carbonyl (C=O) groups is 2. The Morgan fingerprint density at radius 3 is 2.64 bits per heavy atom. The molecule has 6 nitrogen and oxygen atoms in total. The smallest absolute Gasteiger partial charge is 0.251 e. The number of halogens is 1. The summed E-state index contributed by atoms with van der Waals surface area (Å²) in [6.07, 6.45) is 2.28. The number of rotatable bonds is 9. The van der Waals surface area contributed by atoms with Gasteiger partial charge in [0.1, 0.15) is 0 Å². The Bertz CT molecular complexity index is 1190. The maximum atomic E-state index is 13.4. The average Bonchev–Trinajstić information content (AvgIpc) is 3.04. The third kappa shape index (κ3) is 6.44. The molecule has 4 rings (SSSR count). The average molecular weight is 507 g/mol. The van der Waals surface area contributed by atoms with Gasteiger partial charge in [-0.15, -0.1) is 0 Å². The van der Waals surface area contributed by atoms with Gasteiger partial charge in [-0.2, -0.15) is 0 Å². The van der Waals surface area contributed by atoms with Crippen LogP contribution in [0.1, 0.15) is 48.0 Å². The molecule has 4 N–H and O–H groups in total. The molecular formula is C29H35ClN4O2. The van der Waals surface area contributed by atoms with E-state index < -0.39 is 0 Å². The van der Waals surface area contributed by atoms with Gasteiger partial charge in [-0.05, 0) is 66.4 Å². The van der Waals surface area contributed by atoms with E-state index in [0.29, 0.717) is 43.2 Å². The lowest BCUT2D eigenvalue weighted by atomic mass is 9.95. The third-order valence-corrected chi connectivity index (χ3v) is 7.26. The van der Waals surface area contributed by atoms with E-state index in [1.165, 1.54) is 5.56 Å². The lowest BCUT2D eigenvalue weighted by Gasteiger charge is -2.28. The number of amides is 2. The predicted octanol–water partition coefficient (Wildman–Crippen LogP) is 4.32. The summed E-state index contributed by atoms with van der Waals surface area (Å²) in [7, 11) is 0. The van der Waals surface area contributed by atoms with Gasteiger partial charge in [-0.25, -0.2) is 0 Å². The van der Waals surface area contributed by atoms with Crippen molar-refractivity contribution in [3.63, 3.8) is 0 Å². The van der Waals surface area contributed by atoms with Gasteiger partial charge < -0.3 is 21.3 Å². The largest absolute Gasteiger partial charge is 0.350 e. The highest BCUT2D eigenvalue weighted by Crippen LogP contribution is 2.23. The summed E-state index contributed by atoms with van der Waals surface area (Å²) in [5.74, 6) is 0.246. The van der Waals surface area contributed by atoms with Crippen LogP contribution in [-0.2, 0) is 4.79 Å². The van der Waals surface area contributed by atoms with Crippen LogP contribution in [0.3, 0.4) is 0 Å². The van der Waals surface area contributed by atoms with Crippen LogP contribution in [-0.4, -0.2) is 55.0 Å². The van der Waals surface area contributed by atoms with Crippen LogP contribution in [0.4, 0.5) is 0 Å². The summed E-state index contributed by atoms with van der Waals surface area (Å²) >= 11 is 6.07. The summed E-state index contributed by atoms with van der Waals surface area (Å²) in [6.45, 7) is 4.36. The van der Waals surface area contributed by atoms with Gasteiger partial charge >= 0.3 is 0 Å². The van der Waals surface area contributed by atoms with Crippen molar-refractivity contribution in [3.8, 4) is 0 Å². The number of nitrogens with zero attached hydrogens (tertiary/aromatic N) is 1. The van der Waals surface area contributed by atoms with Gasteiger partial charge in [0.25, 0.3) is 5.91 Å². The van der Waals surface area contributed by atoms with E-state index in [1.54, 1.807) is 0 Å². The first kappa shape index (κ1) is 26.1. The molecule has 1 unspecified atom stereocenters. The van der Waals surface area contributed by atoms with Gasteiger partial charge in [0.15, 0.2) is 0 Å². The zero-order valence-electron chi connectivity index (χ0n) is 20.8. The van der Waals surface area contributed by atoms with E-state index in [0.717, 1.165) is 23.6 Å². The molecule has 0 radical (unpaired) electrons. The zero-order valence-corrected chi connectivity index (χ0v) is 21.5. The quantitative estimate of drug-likeness (QED) is 0.403. The van der Waals surface area contributed by atoms with Gasteiger partial charge in [-0.1, -0.05) is 61.0 Å². The van der Waals surface area contributed by atoms with E-state index >= 15 is 0 Å². The number of nitrogens with one attached hydrogen (secondary N) is 2. The second-order valence-electron chi connectivity index (χ2n) is 9.50. The number of hydrogen-bond acceptors (Lipinski definition) is 4. The second-order valence-corrected chi connectivity index (χ2v) is 9.94. The highest BCUT2D eigenvalue weighted by Gasteiger charge is 2.31. The van der Waals surface area contributed by atoms with Crippen molar-refractivity contribution in [2.45, 2.75) is 44.2 Å². The van der Waals surface area contributed by atoms with Crippen molar-refractivity contribution >= 4 is 34.2 Å². The van der Waals surface area contributed by atoms with Crippen LogP contribution < -0.4 is 16.4 Å². The van der Waals surface area contributed by atoms with Crippen LogP contribution in [0.5, 0.6) is 0 Å². The standard InChI is InChI=1S/C29H35ClN4O2/c1-2-20(21-6-4-3-5-7-21)19-34-15-13-26(33-27(12-14-31)29(34)36)18-32-28(35)24-9-8-23-17-25(30)11-10-22(23)16-24/h3-11,16-17,20,26-27,33H,2,12-15,18-19,31H2,1H3,(H,32,35)/t20?,26-,27-/m0/s1. The summed E-state index contributed by atoms with van der Waals surface area (Å²) in [6, 6.07) is 21.2. The van der Waals surface area contributed by atoms with Gasteiger partial charge in [-0.3, -0.25) is 9.59 Å². The Kier molecular flexibility index (Phi) is 8.97. The van der Waals surface area contributed by atoms with Gasteiger partial charge in [0, 0.05) is 42.2 Å². The Morgan fingerprint density at radius 2 is 1.89 bits per heavy atom. The first-order valence-corrected chi connectivity index (χ1v) is 13.1. The maximum Gasteiger partial charge on any atom is 0.251 e. The van der Waals surface area contributed by atoms with Crippen molar-refractivity contribution in [1.29, 1.82) is 0 Å². The molecule has 2 amide bonds. The molecule has 0 spiro atoms. The van der Waals surface area contributed by atoms with Crippen molar-refractivity contribution in [2.75, 3.05) is 26.2 Å². The fourth-order valence-corrected chi connectivity index (χ4v) is 5.11. The lowest BCUT2D eigenvalue weighted by molar-refractivity contribution is -0.133. The molecule has 190 valence electrons. The SMILES string of the molecule is CCC(CN1CC[C@@H](CNC(=O)c2ccc3cc(Cl)ccc3c2)N[C@@H](CCN)C1=O)c1ccccc1. The number of fused-ring (bicyclic) bond motifs is 1. The van der Waals surface area contributed by atoms with E-state index in [1.807, 2.05) is 59.5 Å². The van der Waals surface area contributed by atoms with Gasteiger partial charge in [0.05, 0.1) is 6.04 Å². The molecule has 36 heavy (non-hydrogen) atoms. The molecule has 3 aromatic rings. The molecule has 1 aliphatic rings. The maximum absolute atomic E-state index is 13.4. The van der Waals surface area contributed by atoms with Crippen LogP contribution in [0, 0.1) is 0 Å². The zero-order chi connectivity index (χ0) is 25.5. The monoisotopic (exact) mass is 506 g/mol. The molecule has 0 bridgehead atoms. The Labute approximate surface area is 218 Å². The normalized spacial score (nSPS) is 19.2. The summed E-state index contributed by atoms with van der Waals surface area (Å²) in [5, 5.41) is 9.15. The van der Waals surface area contributed by atoms with E-state index in [4.69, 9.17) is 17.3 Å². The number of nitrogens with two attached hydrogens (primary N) is 1. The number of benzene rings is 3. The first-order valence-electron chi connectivity index (χ1n) is 12.8. The fraction of sp³-hybridized carbons (Fsp3) is 0.379. The molecule has 1 fully saturated rings. The molecule has 3 aromatic carbocycles. The molecule has 3 atom stereocenters. The molecule has 0 aliphatic carbocycles. The summed E-state index contributed by atoms with van der Waals surface area (Å²) in [5.41, 5.74) is 7.70. The number of carbonyl (C=O) groups excluding carboxylic acids is 2. The molecule has 0 saturated carbocycles. The Morgan fingerprint density at radius 1 is 1.14 bits per heavy atom. The van der Waals surface area contributed by atoms with Crippen molar-refractivity contribution in [1.82, 2.24) is 15.5 Å². The van der Waals surface area contributed by atoms with Crippen LogP contribution in [0.25, 0.3) is 10.8 Å². The molecule has 1 heterocycles. The summed E-state index contributed by atoms with van der Waals surface area (Å²) in [4.78, 5) is 28.3. The van der Waals surface area contributed by atoms with Crippen LogP contribution in [0.15, 0.2) is 66.7 Å². The first-order chi connectivity index (χ1) is 17.5. The van der Waals surface area contributed by atoms with Crippen molar-refractivity contribution in [3.05, 3.63) is 82.9 Å². The Hall–Kier alpha value is -2.93. The summed E-state index contributed by atoms with van der Waals surface area (Å²) < 4.78 is 0. The minimum atomic E-state index is -0.349. The minimum absolute atomic E-state index is 0.0180. The van der Waals surface area contributed by atoms with Gasteiger partial charge in [0.2, 0.25) is 5.91 Å². The van der Waals surface area contributed by atoms with Crippen LogP contribution in [0.2, 0.25) is 5.02 Å². The highest BCUT2D eigenvalue weighted by atomic mass is 35.5. The highest BCUT2D eigenvalue weighted by molar-refractivity contribution is 6.31. The molecule has 0 aromatic heterocycles. The predicted molar refractivity (Wildman–Crippen MR) is 146 cm³/mol.